The molecule has 3 heterocycles. The van der Waals surface area contributed by atoms with Crippen LogP contribution in [0.3, 0.4) is 0 Å². The summed E-state index contributed by atoms with van der Waals surface area (Å²) in [6.45, 7) is 1.65. The highest BCUT2D eigenvalue weighted by Gasteiger charge is 2.41. The molecule has 0 bridgehead atoms. The van der Waals surface area contributed by atoms with Crippen molar-refractivity contribution in [1.29, 1.82) is 0 Å². The van der Waals surface area contributed by atoms with Crippen molar-refractivity contribution in [2.45, 2.75) is 25.3 Å². The fraction of sp³-hybridized carbons (Fsp3) is 0.476. The summed E-state index contributed by atoms with van der Waals surface area (Å²) in [5, 5.41) is 0. The van der Waals surface area contributed by atoms with Gasteiger partial charge in [-0.2, -0.15) is 17.0 Å². The van der Waals surface area contributed by atoms with Crippen molar-refractivity contribution in [3.8, 4) is 11.3 Å². The molecule has 0 saturated carbocycles. The molecule has 1 aromatic heterocycles. The number of piperidine rings is 2. The maximum absolute atomic E-state index is 13.2. The van der Waals surface area contributed by atoms with Crippen LogP contribution in [0.2, 0.25) is 0 Å². The fourth-order valence-corrected chi connectivity index (χ4v) is 5.63. The van der Waals surface area contributed by atoms with E-state index in [-0.39, 0.29) is 17.9 Å². The number of carbonyl (C=O) groups excluding carboxylic acids is 1. The number of fused-ring (bicyclic) bond motifs is 1. The summed E-state index contributed by atoms with van der Waals surface area (Å²) in [6.07, 6.45) is 4.15. The number of hydrogen-bond donors (Lipinski definition) is 0. The Morgan fingerprint density at radius 1 is 1.10 bits per heavy atom. The molecular weight excluding hydrogens is 390 g/mol. The maximum Gasteiger partial charge on any atom is 0.281 e. The second-order valence-corrected chi connectivity index (χ2v) is 10.1. The summed E-state index contributed by atoms with van der Waals surface area (Å²) in [6, 6.07) is 11.3. The number of nitrogens with zero attached hydrogens (tertiary/aromatic N) is 3. The Hall–Kier alpha value is -2.16. The van der Waals surface area contributed by atoms with Crippen LogP contribution < -0.4 is 0 Å². The highest BCUT2D eigenvalue weighted by molar-refractivity contribution is 7.86. The van der Waals surface area contributed by atoms with Crippen LogP contribution in [0.5, 0.6) is 0 Å². The molecule has 0 N–H and O–H groups in total. The standard InChI is InChI=1S/C21H27N3O4S/c1-22(2)29(26,27)23-13-11-19-18(15-23)5-3-12-24(19)21(25)17-9-7-16(8-10-17)20-6-4-14-28-20/h4,6-10,14,18-19H,3,5,11-13,15H2,1-2H3/t18-,19+/m1/s1. The molecule has 0 unspecified atom stereocenters. The Morgan fingerprint density at radius 2 is 1.86 bits per heavy atom. The molecule has 2 aliphatic rings. The van der Waals surface area contributed by atoms with E-state index in [1.165, 1.54) is 4.31 Å². The number of likely N-dealkylation sites (tertiary alicyclic amines) is 1. The molecule has 0 aliphatic carbocycles. The van der Waals surface area contributed by atoms with Crippen molar-refractivity contribution in [3.63, 3.8) is 0 Å². The Kier molecular flexibility index (Phi) is 5.50. The van der Waals surface area contributed by atoms with Gasteiger partial charge in [0, 0.05) is 50.9 Å². The molecule has 0 spiro atoms. The summed E-state index contributed by atoms with van der Waals surface area (Å²) >= 11 is 0. The molecule has 2 aromatic rings. The minimum absolute atomic E-state index is 0.0228. The van der Waals surface area contributed by atoms with E-state index in [1.54, 1.807) is 24.7 Å². The minimum atomic E-state index is -3.41. The van der Waals surface area contributed by atoms with Gasteiger partial charge in [-0.05, 0) is 49.4 Å². The van der Waals surface area contributed by atoms with Crippen LogP contribution in [0.4, 0.5) is 0 Å². The van der Waals surface area contributed by atoms with E-state index in [0.29, 0.717) is 25.1 Å². The van der Waals surface area contributed by atoms with E-state index in [4.69, 9.17) is 4.42 Å². The Bertz CT molecular complexity index is 954. The maximum atomic E-state index is 13.2. The van der Waals surface area contributed by atoms with E-state index < -0.39 is 10.2 Å². The van der Waals surface area contributed by atoms with Gasteiger partial charge in [0.2, 0.25) is 0 Å². The highest BCUT2D eigenvalue weighted by Crippen LogP contribution is 2.33. The van der Waals surface area contributed by atoms with Crippen LogP contribution in [0.1, 0.15) is 29.6 Å². The van der Waals surface area contributed by atoms with Crippen molar-refractivity contribution >= 4 is 16.1 Å². The third-order valence-corrected chi connectivity index (χ3v) is 7.92. The molecule has 2 saturated heterocycles. The third kappa shape index (κ3) is 3.84. The van der Waals surface area contributed by atoms with Crippen LogP contribution in [-0.4, -0.2) is 67.6 Å². The molecule has 156 valence electrons. The van der Waals surface area contributed by atoms with Gasteiger partial charge in [-0.25, -0.2) is 0 Å². The lowest BCUT2D eigenvalue weighted by Gasteiger charge is -2.47. The summed E-state index contributed by atoms with van der Waals surface area (Å²) in [5.41, 5.74) is 1.59. The first-order valence-corrected chi connectivity index (χ1v) is 11.4. The third-order valence-electron chi connectivity index (χ3n) is 6.02. The van der Waals surface area contributed by atoms with E-state index in [1.807, 2.05) is 41.3 Å². The predicted molar refractivity (Wildman–Crippen MR) is 110 cm³/mol. The van der Waals surface area contributed by atoms with Gasteiger partial charge in [-0.15, -0.1) is 0 Å². The molecule has 1 amide bonds. The van der Waals surface area contributed by atoms with Gasteiger partial charge in [-0.3, -0.25) is 4.79 Å². The van der Waals surface area contributed by atoms with Gasteiger partial charge >= 0.3 is 0 Å². The molecule has 4 rings (SSSR count). The molecule has 8 heteroatoms. The van der Waals surface area contributed by atoms with E-state index in [0.717, 1.165) is 30.7 Å². The topological polar surface area (TPSA) is 74.1 Å². The fourth-order valence-electron chi connectivity index (χ4n) is 4.45. The first-order chi connectivity index (χ1) is 13.9. The molecule has 0 radical (unpaired) electrons. The van der Waals surface area contributed by atoms with Gasteiger partial charge in [-0.1, -0.05) is 12.1 Å². The molecular formula is C21H27N3O4S. The average Bonchev–Trinajstić information content (AvgIpc) is 3.27. The molecule has 2 aliphatic heterocycles. The minimum Gasteiger partial charge on any atom is -0.464 e. The number of rotatable bonds is 4. The van der Waals surface area contributed by atoms with Crippen LogP contribution in [0, 0.1) is 5.92 Å². The highest BCUT2D eigenvalue weighted by atomic mass is 32.2. The van der Waals surface area contributed by atoms with Gasteiger partial charge < -0.3 is 9.32 Å². The first-order valence-electron chi connectivity index (χ1n) is 10.0. The van der Waals surface area contributed by atoms with Crippen molar-refractivity contribution < 1.29 is 17.6 Å². The molecule has 1 aromatic carbocycles. The number of furan rings is 1. The van der Waals surface area contributed by atoms with Gasteiger partial charge in [0.1, 0.15) is 5.76 Å². The zero-order valence-electron chi connectivity index (χ0n) is 16.8. The SMILES string of the molecule is CN(C)S(=O)(=O)N1CC[C@H]2[C@H](CCCN2C(=O)c2ccc(-c3ccco3)cc2)C1. The first kappa shape index (κ1) is 20.1. The van der Waals surface area contributed by atoms with Crippen molar-refractivity contribution in [1.82, 2.24) is 13.5 Å². The number of hydrogen-bond acceptors (Lipinski definition) is 4. The van der Waals surface area contributed by atoms with Crippen molar-refractivity contribution in [3.05, 3.63) is 48.2 Å². The van der Waals surface area contributed by atoms with E-state index in [9.17, 15) is 13.2 Å². The monoisotopic (exact) mass is 417 g/mol. The largest absolute Gasteiger partial charge is 0.464 e. The van der Waals surface area contributed by atoms with Crippen molar-refractivity contribution in [2.24, 2.45) is 5.92 Å². The van der Waals surface area contributed by atoms with Gasteiger partial charge in [0.05, 0.1) is 6.26 Å². The van der Waals surface area contributed by atoms with Crippen LogP contribution >= 0.6 is 0 Å². The molecule has 2 atom stereocenters. The molecule has 7 nitrogen and oxygen atoms in total. The van der Waals surface area contributed by atoms with Crippen LogP contribution in [0.15, 0.2) is 47.1 Å². The second kappa shape index (κ2) is 7.93. The molecule has 29 heavy (non-hydrogen) atoms. The van der Waals surface area contributed by atoms with Gasteiger partial charge in [0.15, 0.2) is 0 Å². The van der Waals surface area contributed by atoms with Crippen LogP contribution in [-0.2, 0) is 10.2 Å². The lowest BCUT2D eigenvalue weighted by Crippen LogP contribution is -2.57. The van der Waals surface area contributed by atoms with E-state index in [2.05, 4.69) is 0 Å². The Labute approximate surface area is 172 Å². The summed E-state index contributed by atoms with van der Waals surface area (Å²) < 4.78 is 33.2. The van der Waals surface area contributed by atoms with Gasteiger partial charge in [0.25, 0.3) is 16.1 Å². The predicted octanol–water partition coefficient (Wildman–Crippen LogP) is 2.68. The zero-order valence-corrected chi connectivity index (χ0v) is 17.6. The quantitative estimate of drug-likeness (QED) is 0.767. The second-order valence-electron chi connectivity index (χ2n) is 7.96. The molecule has 2 fully saturated rings. The number of amides is 1. The average molecular weight is 418 g/mol. The summed E-state index contributed by atoms with van der Waals surface area (Å²) in [5.74, 6) is 0.977. The van der Waals surface area contributed by atoms with E-state index >= 15 is 0 Å². The summed E-state index contributed by atoms with van der Waals surface area (Å²) in [7, 11) is -0.292. The Morgan fingerprint density at radius 3 is 2.52 bits per heavy atom. The normalized spacial score (nSPS) is 23.2. The number of benzene rings is 1. The Balaban J connectivity index is 1.49. The zero-order chi connectivity index (χ0) is 20.6. The lowest BCUT2D eigenvalue weighted by molar-refractivity contribution is 0.0329. The lowest BCUT2D eigenvalue weighted by atomic mass is 9.84. The number of carbonyl (C=O) groups is 1. The van der Waals surface area contributed by atoms with Crippen LogP contribution in [0.25, 0.3) is 11.3 Å². The smallest absolute Gasteiger partial charge is 0.281 e. The summed E-state index contributed by atoms with van der Waals surface area (Å²) in [4.78, 5) is 15.2. The van der Waals surface area contributed by atoms with Crippen molar-refractivity contribution in [2.75, 3.05) is 33.7 Å².